The third-order valence-electron chi connectivity index (χ3n) is 4.15. The second-order valence-corrected chi connectivity index (χ2v) is 5.88. The SMILES string of the molecule is CN(C)CC1CCCN1C1CCCC(N)C1. The molecule has 3 atom stereocenters. The summed E-state index contributed by atoms with van der Waals surface area (Å²) < 4.78 is 0. The minimum atomic E-state index is 0.458. The van der Waals surface area contributed by atoms with Crippen LogP contribution < -0.4 is 5.73 Å². The summed E-state index contributed by atoms with van der Waals surface area (Å²) in [5, 5.41) is 0. The summed E-state index contributed by atoms with van der Waals surface area (Å²) in [7, 11) is 4.37. The van der Waals surface area contributed by atoms with E-state index >= 15 is 0 Å². The van der Waals surface area contributed by atoms with E-state index in [1.807, 2.05) is 0 Å². The van der Waals surface area contributed by atoms with Crippen molar-refractivity contribution in [3.63, 3.8) is 0 Å². The van der Waals surface area contributed by atoms with Gasteiger partial charge in [0, 0.05) is 24.7 Å². The first-order valence-corrected chi connectivity index (χ1v) is 6.83. The molecule has 0 radical (unpaired) electrons. The Morgan fingerprint density at radius 1 is 1.19 bits per heavy atom. The van der Waals surface area contributed by atoms with Crippen molar-refractivity contribution in [3.05, 3.63) is 0 Å². The van der Waals surface area contributed by atoms with Crippen LogP contribution in [0, 0.1) is 0 Å². The van der Waals surface area contributed by atoms with Crippen molar-refractivity contribution in [3.8, 4) is 0 Å². The van der Waals surface area contributed by atoms with Gasteiger partial charge in [0.05, 0.1) is 0 Å². The van der Waals surface area contributed by atoms with Gasteiger partial charge in [-0.3, -0.25) is 4.90 Å². The fraction of sp³-hybridized carbons (Fsp3) is 1.00. The van der Waals surface area contributed by atoms with Crippen LogP contribution in [0.2, 0.25) is 0 Å². The van der Waals surface area contributed by atoms with Gasteiger partial charge in [0.25, 0.3) is 0 Å². The third kappa shape index (κ3) is 2.96. The van der Waals surface area contributed by atoms with Gasteiger partial charge in [-0.1, -0.05) is 6.42 Å². The summed E-state index contributed by atoms with van der Waals surface area (Å²) in [5.74, 6) is 0. The molecule has 0 spiro atoms. The number of likely N-dealkylation sites (tertiary alicyclic amines) is 1. The Balaban J connectivity index is 1.91. The molecule has 0 amide bonds. The Morgan fingerprint density at radius 2 is 2.00 bits per heavy atom. The lowest BCUT2D eigenvalue weighted by Gasteiger charge is -2.38. The minimum absolute atomic E-state index is 0.458. The normalized spacial score (nSPS) is 37.1. The number of likely N-dealkylation sites (N-methyl/N-ethyl adjacent to an activating group) is 1. The molecule has 1 aliphatic heterocycles. The molecule has 1 saturated carbocycles. The van der Waals surface area contributed by atoms with E-state index in [1.165, 1.54) is 51.6 Å². The number of hydrogen-bond acceptors (Lipinski definition) is 3. The molecule has 3 unspecified atom stereocenters. The van der Waals surface area contributed by atoms with Gasteiger partial charge in [-0.15, -0.1) is 0 Å². The van der Waals surface area contributed by atoms with Gasteiger partial charge in [-0.05, 0) is 52.7 Å². The topological polar surface area (TPSA) is 32.5 Å². The maximum absolute atomic E-state index is 6.10. The van der Waals surface area contributed by atoms with Crippen LogP contribution in [0.5, 0.6) is 0 Å². The second kappa shape index (κ2) is 5.48. The highest BCUT2D eigenvalue weighted by molar-refractivity contribution is 4.90. The van der Waals surface area contributed by atoms with Gasteiger partial charge in [-0.25, -0.2) is 0 Å². The van der Waals surface area contributed by atoms with Crippen LogP contribution in [0.3, 0.4) is 0 Å². The van der Waals surface area contributed by atoms with Crippen molar-refractivity contribution in [1.29, 1.82) is 0 Å². The highest BCUT2D eigenvalue weighted by atomic mass is 15.2. The second-order valence-electron chi connectivity index (χ2n) is 5.88. The smallest absolute Gasteiger partial charge is 0.0226 e. The zero-order valence-electron chi connectivity index (χ0n) is 10.9. The van der Waals surface area contributed by atoms with Crippen molar-refractivity contribution >= 4 is 0 Å². The molecular formula is C13H27N3. The average Bonchev–Trinajstić information content (AvgIpc) is 2.65. The zero-order chi connectivity index (χ0) is 11.5. The fourth-order valence-corrected chi connectivity index (χ4v) is 3.46. The molecule has 2 rings (SSSR count). The Morgan fingerprint density at radius 3 is 2.69 bits per heavy atom. The molecule has 2 N–H and O–H groups in total. The van der Waals surface area contributed by atoms with Gasteiger partial charge in [0.1, 0.15) is 0 Å². The van der Waals surface area contributed by atoms with Crippen molar-refractivity contribution in [1.82, 2.24) is 9.80 Å². The van der Waals surface area contributed by atoms with Crippen LogP contribution in [-0.4, -0.2) is 55.1 Å². The zero-order valence-corrected chi connectivity index (χ0v) is 10.9. The van der Waals surface area contributed by atoms with Crippen LogP contribution in [0.15, 0.2) is 0 Å². The molecule has 3 nitrogen and oxygen atoms in total. The summed E-state index contributed by atoms with van der Waals surface area (Å²) in [5.41, 5.74) is 6.10. The molecule has 2 aliphatic rings. The van der Waals surface area contributed by atoms with Crippen molar-refractivity contribution in [2.45, 2.75) is 56.7 Å². The van der Waals surface area contributed by atoms with Crippen LogP contribution >= 0.6 is 0 Å². The maximum atomic E-state index is 6.10. The van der Waals surface area contributed by atoms with Gasteiger partial charge in [0.15, 0.2) is 0 Å². The maximum Gasteiger partial charge on any atom is 0.0226 e. The molecule has 1 heterocycles. The Bertz CT molecular complexity index is 217. The fourth-order valence-electron chi connectivity index (χ4n) is 3.46. The lowest BCUT2D eigenvalue weighted by atomic mass is 9.90. The molecular weight excluding hydrogens is 198 g/mol. The highest BCUT2D eigenvalue weighted by Gasteiger charge is 2.33. The molecule has 3 heteroatoms. The van der Waals surface area contributed by atoms with E-state index in [0.717, 1.165) is 12.1 Å². The van der Waals surface area contributed by atoms with Crippen molar-refractivity contribution in [2.75, 3.05) is 27.2 Å². The van der Waals surface area contributed by atoms with Gasteiger partial charge in [-0.2, -0.15) is 0 Å². The highest BCUT2D eigenvalue weighted by Crippen LogP contribution is 2.28. The molecule has 1 saturated heterocycles. The quantitative estimate of drug-likeness (QED) is 0.785. The Kier molecular flexibility index (Phi) is 4.22. The first-order valence-electron chi connectivity index (χ1n) is 6.83. The summed E-state index contributed by atoms with van der Waals surface area (Å²) in [6.45, 7) is 2.52. The Labute approximate surface area is 100.0 Å². The summed E-state index contributed by atoms with van der Waals surface area (Å²) >= 11 is 0. The standard InChI is InChI=1S/C13H27N3/c1-15(2)10-13-7-4-8-16(13)12-6-3-5-11(14)9-12/h11-13H,3-10,14H2,1-2H3. The molecule has 1 aliphatic carbocycles. The van der Waals surface area contributed by atoms with E-state index in [9.17, 15) is 0 Å². The summed E-state index contributed by atoms with van der Waals surface area (Å²) in [6.07, 6.45) is 7.93. The number of nitrogens with two attached hydrogens (primary N) is 1. The van der Waals surface area contributed by atoms with Crippen LogP contribution in [0.4, 0.5) is 0 Å². The molecule has 0 bridgehead atoms. The number of hydrogen-bond donors (Lipinski definition) is 1. The van der Waals surface area contributed by atoms with E-state index in [2.05, 4.69) is 23.9 Å². The first kappa shape index (κ1) is 12.3. The number of rotatable bonds is 3. The molecule has 0 aromatic carbocycles. The predicted octanol–water partition coefficient (Wildman–Crippen LogP) is 1.28. The first-order chi connectivity index (χ1) is 7.66. The van der Waals surface area contributed by atoms with Crippen LogP contribution in [-0.2, 0) is 0 Å². The van der Waals surface area contributed by atoms with Crippen molar-refractivity contribution in [2.24, 2.45) is 5.73 Å². The van der Waals surface area contributed by atoms with E-state index in [1.54, 1.807) is 0 Å². The molecule has 16 heavy (non-hydrogen) atoms. The molecule has 0 aromatic heterocycles. The molecule has 0 aromatic rings. The van der Waals surface area contributed by atoms with Crippen LogP contribution in [0.1, 0.15) is 38.5 Å². The van der Waals surface area contributed by atoms with Gasteiger partial charge in [0.2, 0.25) is 0 Å². The molecule has 2 fully saturated rings. The lowest BCUT2D eigenvalue weighted by Crippen LogP contribution is -2.47. The third-order valence-corrected chi connectivity index (χ3v) is 4.15. The summed E-state index contributed by atoms with van der Waals surface area (Å²) in [6, 6.07) is 2.01. The van der Waals surface area contributed by atoms with Crippen LogP contribution in [0.25, 0.3) is 0 Å². The average molecular weight is 225 g/mol. The van der Waals surface area contributed by atoms with E-state index in [0.29, 0.717) is 6.04 Å². The monoisotopic (exact) mass is 225 g/mol. The molecule has 94 valence electrons. The van der Waals surface area contributed by atoms with Gasteiger partial charge < -0.3 is 10.6 Å². The van der Waals surface area contributed by atoms with E-state index in [4.69, 9.17) is 5.73 Å². The predicted molar refractivity (Wildman–Crippen MR) is 68.5 cm³/mol. The van der Waals surface area contributed by atoms with Crippen molar-refractivity contribution < 1.29 is 0 Å². The summed E-state index contributed by atoms with van der Waals surface area (Å²) in [4.78, 5) is 5.07. The minimum Gasteiger partial charge on any atom is -0.328 e. The Hall–Kier alpha value is -0.120. The largest absolute Gasteiger partial charge is 0.328 e. The lowest BCUT2D eigenvalue weighted by molar-refractivity contribution is 0.117. The van der Waals surface area contributed by atoms with E-state index in [-0.39, 0.29) is 0 Å². The van der Waals surface area contributed by atoms with E-state index < -0.39 is 0 Å². The van der Waals surface area contributed by atoms with Gasteiger partial charge >= 0.3 is 0 Å². The number of nitrogens with zero attached hydrogens (tertiary/aromatic N) is 2.